The number of rotatable bonds is 10. The second-order valence-electron chi connectivity index (χ2n) is 18.6. The van der Waals surface area contributed by atoms with Crippen LogP contribution in [0.4, 0.5) is 35.3 Å². The third-order valence-corrected chi connectivity index (χ3v) is 14.3. The van der Waals surface area contributed by atoms with Crippen molar-refractivity contribution < 1.29 is 37.1 Å². The third kappa shape index (κ3) is 8.18. The number of benzene rings is 3. The Balaban J connectivity index is 0.707. The summed E-state index contributed by atoms with van der Waals surface area (Å²) >= 11 is 0. The minimum Gasteiger partial charge on any atom is -0.368 e. The Bertz CT molecular complexity index is 3080. The van der Waals surface area contributed by atoms with E-state index in [-0.39, 0.29) is 55.4 Å². The summed E-state index contributed by atoms with van der Waals surface area (Å²) in [5.74, 6) is -5.60. The van der Waals surface area contributed by atoms with Crippen molar-refractivity contribution in [3.8, 4) is 11.1 Å². The molecule has 20 heteroatoms. The number of likely N-dealkylation sites (tertiary alicyclic amines) is 1. The maximum Gasteiger partial charge on any atom is 0.329 e. The van der Waals surface area contributed by atoms with Gasteiger partial charge in [-0.15, -0.1) is 0 Å². The number of carbonyl (C=O) groups excluding carboxylic acids is 5. The molecule has 11 rings (SSSR count). The molecule has 0 radical (unpaired) electrons. The van der Waals surface area contributed by atoms with E-state index < -0.39 is 48.1 Å². The largest absolute Gasteiger partial charge is 0.368 e. The summed E-state index contributed by atoms with van der Waals surface area (Å²) in [6.45, 7) is 2.32. The van der Waals surface area contributed by atoms with Crippen LogP contribution in [0.25, 0.3) is 22.0 Å². The Labute approximate surface area is 399 Å². The summed E-state index contributed by atoms with van der Waals surface area (Å²) < 4.78 is 51.4. The van der Waals surface area contributed by atoms with Crippen LogP contribution >= 0.6 is 0 Å². The molecule has 5 aliphatic heterocycles. The second kappa shape index (κ2) is 17.7. The standard InChI is InChI=1S/C50H49F3N12O5/c1-59-40-25-31(9-12-34(40)46(58-59)64-18-14-42(66)57-49(64)70)37-13-17-60(28-50(37,52)53)27-43(67)62-21-19-61(20-22-62)33-10-7-30(8-11-33)32-23-35-36(38(51)24-32)26-65(48(35)69)45(44-39-5-4-16-63(39)29-55-44)47(68)56-41-6-2-3-15-54-41/h2-3,6-12,15,23-25,29,37,45H,4-5,13-14,16-22,26-28H2,1H3,(H,54,56,68)(H,57,66,70). The number of hydrogen-bond donors (Lipinski definition) is 2. The smallest absolute Gasteiger partial charge is 0.329 e. The van der Waals surface area contributed by atoms with Gasteiger partial charge in [0.05, 0.1) is 43.1 Å². The van der Waals surface area contributed by atoms with Crippen LogP contribution in [0, 0.1) is 5.82 Å². The average Bonchev–Trinajstić information content (AvgIpc) is 4.13. The molecule has 6 aromatic rings. The molecule has 0 spiro atoms. The highest BCUT2D eigenvalue weighted by molar-refractivity contribution is 6.09. The third-order valence-electron chi connectivity index (χ3n) is 14.3. The molecule has 5 aliphatic rings. The molecule has 17 nitrogen and oxygen atoms in total. The van der Waals surface area contributed by atoms with E-state index in [9.17, 15) is 24.0 Å². The van der Waals surface area contributed by atoms with Gasteiger partial charge in [0.25, 0.3) is 17.7 Å². The van der Waals surface area contributed by atoms with Gasteiger partial charge in [0.2, 0.25) is 11.8 Å². The number of aryl methyl sites for hydroxylation is 2. The van der Waals surface area contributed by atoms with Crippen molar-refractivity contribution >= 4 is 57.9 Å². The molecule has 0 bridgehead atoms. The second-order valence-corrected chi connectivity index (χ2v) is 18.6. The first kappa shape index (κ1) is 44.9. The number of piperidine rings is 1. The van der Waals surface area contributed by atoms with Gasteiger partial charge in [-0.1, -0.05) is 24.3 Å². The number of carbonyl (C=O) groups is 5. The summed E-state index contributed by atoms with van der Waals surface area (Å²) in [4.78, 5) is 82.8. The van der Waals surface area contributed by atoms with Gasteiger partial charge in [-0.05, 0) is 91.0 Å². The Morgan fingerprint density at radius 3 is 2.47 bits per heavy atom. The summed E-state index contributed by atoms with van der Waals surface area (Å²) in [6, 6.07) is 19.1. The number of urea groups is 1. The molecule has 2 atom stereocenters. The number of anilines is 3. The van der Waals surface area contributed by atoms with Gasteiger partial charge < -0.3 is 24.6 Å². The molecule has 0 saturated carbocycles. The predicted molar refractivity (Wildman–Crippen MR) is 252 cm³/mol. The van der Waals surface area contributed by atoms with Gasteiger partial charge in [-0.25, -0.2) is 27.9 Å². The lowest BCUT2D eigenvalue weighted by Gasteiger charge is -2.40. The van der Waals surface area contributed by atoms with E-state index in [1.54, 1.807) is 71.6 Å². The molecule has 2 N–H and O–H groups in total. The first-order chi connectivity index (χ1) is 33.8. The normalized spacial score (nSPS) is 19.7. The van der Waals surface area contributed by atoms with Crippen molar-refractivity contribution in [2.75, 3.05) is 67.5 Å². The van der Waals surface area contributed by atoms with Gasteiger partial charge in [0.15, 0.2) is 11.9 Å². The number of nitrogens with zero attached hydrogens (tertiary/aromatic N) is 10. The van der Waals surface area contributed by atoms with Crippen LogP contribution in [-0.4, -0.2) is 127 Å². The Hall–Kier alpha value is -7.61. The molecule has 6 amide bonds. The SMILES string of the molecule is Cn1nc(N2CCC(=O)NC2=O)c2ccc(C3CCN(CC(=O)N4CCN(c5ccc(-c6cc(F)c7c(c6)C(=O)N(C(C(=O)Nc6ccccn6)c6ncn8c6CCC8)C7)cc5)CC4)CC3(F)F)cc21. The minimum atomic E-state index is -3.12. The Morgan fingerprint density at radius 1 is 0.900 bits per heavy atom. The lowest BCUT2D eigenvalue weighted by Crippen LogP contribution is -2.54. The van der Waals surface area contributed by atoms with Crippen LogP contribution in [0.5, 0.6) is 0 Å². The van der Waals surface area contributed by atoms with Crippen LogP contribution in [0.15, 0.2) is 85.3 Å². The fraction of sp³-hybridized carbons (Fsp3) is 0.360. The van der Waals surface area contributed by atoms with Crippen molar-refractivity contribution in [2.45, 2.75) is 56.7 Å². The first-order valence-electron chi connectivity index (χ1n) is 23.5. The molecule has 3 fully saturated rings. The highest BCUT2D eigenvalue weighted by atomic mass is 19.3. The number of alkyl halides is 2. The van der Waals surface area contributed by atoms with Gasteiger partial charge >= 0.3 is 6.03 Å². The maximum atomic E-state index is 16.0. The number of hydrogen-bond acceptors (Lipinski definition) is 10. The van der Waals surface area contributed by atoms with E-state index in [0.717, 1.165) is 24.3 Å². The monoisotopic (exact) mass is 954 g/mol. The number of fused-ring (bicyclic) bond motifs is 3. The Morgan fingerprint density at radius 2 is 1.71 bits per heavy atom. The number of pyridine rings is 1. The van der Waals surface area contributed by atoms with Gasteiger partial charge in [0.1, 0.15) is 11.6 Å². The fourth-order valence-electron chi connectivity index (χ4n) is 10.7. The van der Waals surface area contributed by atoms with Crippen LogP contribution in [0.3, 0.4) is 0 Å². The zero-order valence-electron chi connectivity index (χ0n) is 38.3. The number of piperazine rings is 1. The van der Waals surface area contributed by atoms with Crippen molar-refractivity contribution in [2.24, 2.45) is 7.05 Å². The van der Waals surface area contributed by atoms with Crippen LogP contribution in [0.1, 0.15) is 64.1 Å². The molecular formula is C50H49F3N12O5. The molecular weight excluding hydrogens is 906 g/mol. The van der Waals surface area contributed by atoms with Crippen molar-refractivity contribution in [1.82, 2.24) is 44.3 Å². The highest BCUT2D eigenvalue weighted by Crippen LogP contribution is 2.43. The number of imide groups is 1. The van der Waals surface area contributed by atoms with E-state index in [4.69, 9.17) is 0 Å². The highest BCUT2D eigenvalue weighted by Gasteiger charge is 2.46. The summed E-state index contributed by atoms with van der Waals surface area (Å²) in [7, 11) is 1.68. The number of amides is 6. The zero-order chi connectivity index (χ0) is 48.4. The van der Waals surface area contributed by atoms with Crippen LogP contribution in [-0.2, 0) is 40.9 Å². The molecule has 8 heterocycles. The summed E-state index contributed by atoms with van der Waals surface area (Å²) in [6.07, 6.45) is 5.11. The molecule has 0 aliphatic carbocycles. The predicted octanol–water partition coefficient (Wildman–Crippen LogP) is 5.47. The molecule has 3 saturated heterocycles. The van der Waals surface area contributed by atoms with Gasteiger partial charge in [0, 0.05) is 86.8 Å². The van der Waals surface area contributed by atoms with Crippen LogP contribution < -0.4 is 20.4 Å². The molecule has 3 aromatic heterocycles. The zero-order valence-corrected chi connectivity index (χ0v) is 38.3. The lowest BCUT2D eigenvalue weighted by molar-refractivity contribution is -0.136. The number of aromatic nitrogens is 5. The van der Waals surface area contributed by atoms with E-state index in [1.807, 2.05) is 28.8 Å². The number of imidazole rings is 1. The summed E-state index contributed by atoms with van der Waals surface area (Å²) in [5, 5.41) is 10.2. The molecule has 360 valence electrons. The maximum absolute atomic E-state index is 16.0. The minimum absolute atomic E-state index is 0.104. The summed E-state index contributed by atoms with van der Waals surface area (Å²) in [5.41, 5.74) is 4.87. The van der Waals surface area contributed by atoms with Gasteiger partial charge in [-0.2, -0.15) is 5.10 Å². The lowest BCUT2D eigenvalue weighted by atomic mass is 9.85. The van der Waals surface area contributed by atoms with Crippen LogP contribution in [0.2, 0.25) is 0 Å². The van der Waals surface area contributed by atoms with E-state index >= 15 is 13.2 Å². The number of nitrogens with one attached hydrogen (secondary N) is 2. The van der Waals surface area contributed by atoms with E-state index in [1.165, 1.54) is 20.8 Å². The molecule has 70 heavy (non-hydrogen) atoms. The van der Waals surface area contributed by atoms with E-state index in [0.29, 0.717) is 84.1 Å². The van der Waals surface area contributed by atoms with Gasteiger partial charge in [-0.3, -0.25) is 39.0 Å². The van der Waals surface area contributed by atoms with Crippen molar-refractivity contribution in [3.63, 3.8) is 0 Å². The molecule has 3 aromatic carbocycles. The van der Waals surface area contributed by atoms with Crippen molar-refractivity contribution in [3.05, 3.63) is 119 Å². The average molecular weight is 955 g/mol. The molecule has 2 unspecified atom stereocenters. The topological polar surface area (TPSA) is 174 Å². The van der Waals surface area contributed by atoms with E-state index in [2.05, 4.69) is 30.6 Å². The Kier molecular flexibility index (Phi) is 11.4. The first-order valence-corrected chi connectivity index (χ1v) is 23.5. The number of halogens is 3. The fourth-order valence-corrected chi connectivity index (χ4v) is 10.7. The van der Waals surface area contributed by atoms with Crippen molar-refractivity contribution in [1.29, 1.82) is 0 Å². The quantitative estimate of drug-likeness (QED) is 0.179.